The number of aliphatic hydroxyl groups excluding tert-OH is 1. The smallest absolute Gasteiger partial charge is 0.243 e. The van der Waals surface area contributed by atoms with Crippen LogP contribution in [0.4, 0.5) is 0 Å². The highest BCUT2D eigenvalue weighted by Crippen LogP contribution is 2.25. The fraction of sp³-hybridized carbons (Fsp3) is 0.500. The topological polar surface area (TPSA) is 74.7 Å². The summed E-state index contributed by atoms with van der Waals surface area (Å²) >= 11 is 0. The lowest BCUT2D eigenvalue weighted by Gasteiger charge is -2.33. The van der Waals surface area contributed by atoms with Gasteiger partial charge in [-0.3, -0.25) is 4.79 Å². The maximum absolute atomic E-state index is 12.6. The van der Waals surface area contributed by atoms with Crippen molar-refractivity contribution >= 4 is 15.8 Å². The van der Waals surface area contributed by atoms with Crippen LogP contribution in [0.15, 0.2) is 29.2 Å². The zero-order chi connectivity index (χ0) is 14.8. The van der Waals surface area contributed by atoms with Crippen LogP contribution in [0, 0.1) is 0 Å². The molecule has 1 fully saturated rings. The minimum Gasteiger partial charge on any atom is -0.395 e. The van der Waals surface area contributed by atoms with E-state index >= 15 is 0 Å². The molecule has 0 amide bonds. The Morgan fingerprint density at radius 1 is 1.30 bits per heavy atom. The minimum absolute atomic E-state index is 0.0971. The van der Waals surface area contributed by atoms with Crippen molar-refractivity contribution in [2.45, 2.75) is 37.1 Å². The third-order valence-corrected chi connectivity index (χ3v) is 5.62. The van der Waals surface area contributed by atoms with Crippen LogP contribution in [-0.4, -0.2) is 42.8 Å². The minimum atomic E-state index is -3.60. The van der Waals surface area contributed by atoms with Gasteiger partial charge in [-0.25, -0.2) is 8.42 Å². The van der Waals surface area contributed by atoms with E-state index in [1.54, 1.807) is 0 Å². The third kappa shape index (κ3) is 2.92. The van der Waals surface area contributed by atoms with Gasteiger partial charge in [0.1, 0.15) is 0 Å². The Hall–Kier alpha value is -1.24. The molecule has 0 bridgehead atoms. The van der Waals surface area contributed by atoms with E-state index in [1.807, 2.05) is 0 Å². The summed E-state index contributed by atoms with van der Waals surface area (Å²) in [5.74, 6) is -0.0971. The second kappa shape index (κ2) is 6.03. The molecule has 0 radical (unpaired) electrons. The van der Waals surface area contributed by atoms with Crippen molar-refractivity contribution in [3.8, 4) is 0 Å². The normalized spacial score (nSPS) is 20.8. The number of carbonyl (C=O) groups is 1. The highest BCUT2D eigenvalue weighted by molar-refractivity contribution is 7.89. The van der Waals surface area contributed by atoms with Gasteiger partial charge in [-0.15, -0.1) is 0 Å². The number of ketones is 1. The van der Waals surface area contributed by atoms with Crippen LogP contribution in [-0.2, 0) is 10.0 Å². The summed E-state index contributed by atoms with van der Waals surface area (Å²) in [5, 5.41) is 9.34. The van der Waals surface area contributed by atoms with E-state index in [2.05, 4.69) is 0 Å². The molecule has 1 atom stereocenters. The summed E-state index contributed by atoms with van der Waals surface area (Å²) in [6, 6.07) is 5.60. The lowest BCUT2D eigenvalue weighted by molar-refractivity contribution is 0.101. The summed E-state index contributed by atoms with van der Waals surface area (Å²) < 4.78 is 26.5. The highest BCUT2D eigenvalue weighted by Gasteiger charge is 2.32. The number of hydrogen-bond acceptors (Lipinski definition) is 4. The largest absolute Gasteiger partial charge is 0.395 e. The van der Waals surface area contributed by atoms with Gasteiger partial charge < -0.3 is 5.11 Å². The van der Waals surface area contributed by atoms with Crippen LogP contribution in [0.1, 0.15) is 36.5 Å². The number of sulfonamides is 1. The molecule has 0 spiro atoms. The van der Waals surface area contributed by atoms with E-state index in [-0.39, 0.29) is 23.3 Å². The van der Waals surface area contributed by atoms with E-state index in [1.165, 1.54) is 35.5 Å². The Balaban J connectivity index is 2.31. The fourth-order valence-corrected chi connectivity index (χ4v) is 4.15. The molecular formula is C14H19NO4S. The predicted molar refractivity (Wildman–Crippen MR) is 75.1 cm³/mol. The van der Waals surface area contributed by atoms with Gasteiger partial charge in [-0.05, 0) is 31.9 Å². The molecule has 5 nitrogen and oxygen atoms in total. The van der Waals surface area contributed by atoms with Crippen LogP contribution >= 0.6 is 0 Å². The third-order valence-electron chi connectivity index (χ3n) is 3.65. The number of hydrogen-bond donors (Lipinski definition) is 1. The molecule has 1 aliphatic heterocycles. The summed E-state index contributed by atoms with van der Waals surface area (Å²) in [7, 11) is -3.60. The van der Waals surface area contributed by atoms with Gasteiger partial charge in [0, 0.05) is 18.2 Å². The SMILES string of the molecule is CC(=O)c1ccc(S(=O)(=O)N2CCCCC2CO)cc1. The van der Waals surface area contributed by atoms with Crippen LogP contribution in [0.25, 0.3) is 0 Å². The second-order valence-electron chi connectivity index (χ2n) is 5.03. The first-order chi connectivity index (χ1) is 9.46. The van der Waals surface area contributed by atoms with Gasteiger partial charge in [0.25, 0.3) is 0 Å². The average Bonchev–Trinajstić information content (AvgIpc) is 2.47. The number of Topliss-reactive ketones (excluding diaryl/α,β-unsaturated/α-hetero) is 1. The number of carbonyl (C=O) groups excluding carboxylic acids is 1. The monoisotopic (exact) mass is 297 g/mol. The first-order valence-electron chi connectivity index (χ1n) is 6.70. The lowest BCUT2D eigenvalue weighted by Crippen LogP contribution is -2.45. The number of nitrogens with zero attached hydrogens (tertiary/aromatic N) is 1. The van der Waals surface area contributed by atoms with E-state index in [9.17, 15) is 18.3 Å². The van der Waals surface area contributed by atoms with Gasteiger partial charge in [0.05, 0.1) is 11.5 Å². The Labute approximate surface area is 119 Å². The molecule has 1 saturated heterocycles. The Morgan fingerprint density at radius 3 is 2.50 bits per heavy atom. The number of aliphatic hydroxyl groups is 1. The molecule has 6 heteroatoms. The van der Waals surface area contributed by atoms with Gasteiger partial charge in [-0.1, -0.05) is 18.6 Å². The van der Waals surface area contributed by atoms with Crippen molar-refractivity contribution in [1.82, 2.24) is 4.31 Å². The molecule has 0 saturated carbocycles. The molecule has 0 aliphatic carbocycles. The van der Waals surface area contributed by atoms with Crippen LogP contribution < -0.4 is 0 Å². The van der Waals surface area contributed by atoms with Crippen LogP contribution in [0.5, 0.6) is 0 Å². The van der Waals surface area contributed by atoms with E-state index in [0.29, 0.717) is 18.5 Å². The van der Waals surface area contributed by atoms with Crippen molar-refractivity contribution in [3.05, 3.63) is 29.8 Å². The zero-order valence-electron chi connectivity index (χ0n) is 11.4. The molecule has 2 rings (SSSR count). The van der Waals surface area contributed by atoms with Crippen molar-refractivity contribution < 1.29 is 18.3 Å². The lowest BCUT2D eigenvalue weighted by atomic mass is 10.1. The van der Waals surface area contributed by atoms with Crippen molar-refractivity contribution in [2.24, 2.45) is 0 Å². The highest BCUT2D eigenvalue weighted by atomic mass is 32.2. The summed E-state index contributed by atoms with van der Waals surface area (Å²) in [5.41, 5.74) is 0.487. The predicted octanol–water partition coefficient (Wildman–Crippen LogP) is 1.42. The molecule has 20 heavy (non-hydrogen) atoms. The summed E-state index contributed by atoms with van der Waals surface area (Å²) in [4.78, 5) is 11.4. The maximum atomic E-state index is 12.6. The number of benzene rings is 1. The molecule has 1 unspecified atom stereocenters. The first-order valence-corrected chi connectivity index (χ1v) is 8.14. The molecular weight excluding hydrogens is 278 g/mol. The molecule has 1 N–H and O–H groups in total. The van der Waals surface area contributed by atoms with Crippen molar-refractivity contribution in [1.29, 1.82) is 0 Å². The van der Waals surface area contributed by atoms with Gasteiger partial charge in [0.2, 0.25) is 10.0 Å². The van der Waals surface area contributed by atoms with Crippen LogP contribution in [0.2, 0.25) is 0 Å². The van der Waals surface area contributed by atoms with Crippen molar-refractivity contribution in [3.63, 3.8) is 0 Å². The van der Waals surface area contributed by atoms with E-state index in [0.717, 1.165) is 12.8 Å². The first kappa shape index (κ1) is 15.2. The summed E-state index contributed by atoms with van der Waals surface area (Å²) in [6.45, 7) is 1.71. The Morgan fingerprint density at radius 2 is 1.95 bits per heavy atom. The molecule has 1 aromatic carbocycles. The second-order valence-corrected chi connectivity index (χ2v) is 6.92. The van der Waals surface area contributed by atoms with E-state index < -0.39 is 10.0 Å². The molecule has 1 aromatic rings. The van der Waals surface area contributed by atoms with Crippen molar-refractivity contribution in [2.75, 3.05) is 13.2 Å². The van der Waals surface area contributed by atoms with Gasteiger partial charge >= 0.3 is 0 Å². The molecule has 1 heterocycles. The average molecular weight is 297 g/mol. The molecule has 1 aliphatic rings. The summed E-state index contributed by atoms with van der Waals surface area (Å²) in [6.07, 6.45) is 2.42. The maximum Gasteiger partial charge on any atom is 0.243 e. The number of rotatable bonds is 4. The standard InChI is InChI=1S/C14H19NO4S/c1-11(17)12-5-7-14(8-6-12)20(18,19)15-9-3-2-4-13(15)10-16/h5-8,13,16H,2-4,9-10H2,1H3. The van der Waals surface area contributed by atoms with Gasteiger partial charge in [-0.2, -0.15) is 4.31 Å². The molecule has 0 aromatic heterocycles. The Bertz CT molecular complexity index is 580. The van der Waals surface area contributed by atoms with Crippen LogP contribution in [0.3, 0.4) is 0 Å². The number of piperidine rings is 1. The fourth-order valence-electron chi connectivity index (χ4n) is 2.47. The molecule has 110 valence electrons. The zero-order valence-corrected chi connectivity index (χ0v) is 12.3. The Kier molecular flexibility index (Phi) is 4.57. The van der Waals surface area contributed by atoms with Gasteiger partial charge in [0.15, 0.2) is 5.78 Å². The quantitative estimate of drug-likeness (QED) is 0.853. The van der Waals surface area contributed by atoms with E-state index in [4.69, 9.17) is 0 Å².